The van der Waals surface area contributed by atoms with Gasteiger partial charge in [0.15, 0.2) is 0 Å². The minimum atomic E-state index is -3.28. The SMILES string of the molecule is CS(=O)(=O)CCN1C(=O)NC(=O)C2(CCCCC2)C1=O. The van der Waals surface area contributed by atoms with Crippen LogP contribution in [0, 0.1) is 5.41 Å². The summed E-state index contributed by atoms with van der Waals surface area (Å²) in [5.41, 5.74) is -1.18. The lowest BCUT2D eigenvalue weighted by Crippen LogP contribution is -2.64. The molecule has 2 rings (SSSR count). The number of sulfone groups is 1. The van der Waals surface area contributed by atoms with Gasteiger partial charge in [-0.05, 0) is 12.8 Å². The molecule has 2 aliphatic rings. The van der Waals surface area contributed by atoms with Gasteiger partial charge in [0.1, 0.15) is 15.3 Å². The zero-order valence-corrected chi connectivity index (χ0v) is 12.2. The standard InChI is InChI=1S/C12H18N2O5S/c1-20(18,19)8-7-14-10(16)12(5-3-2-4-6-12)9(15)13-11(14)17/h2-8H2,1H3,(H,13,15,17). The molecule has 112 valence electrons. The molecule has 2 fully saturated rings. The lowest BCUT2D eigenvalue weighted by Gasteiger charge is -2.41. The molecule has 1 aliphatic heterocycles. The van der Waals surface area contributed by atoms with Crippen LogP contribution in [0.1, 0.15) is 32.1 Å². The highest BCUT2D eigenvalue weighted by Crippen LogP contribution is 2.40. The molecule has 1 spiro atoms. The van der Waals surface area contributed by atoms with E-state index in [9.17, 15) is 22.8 Å². The van der Waals surface area contributed by atoms with Crippen LogP contribution in [0.3, 0.4) is 0 Å². The van der Waals surface area contributed by atoms with E-state index in [1.807, 2.05) is 0 Å². The first kappa shape index (κ1) is 15.0. The fourth-order valence-corrected chi connectivity index (χ4v) is 3.30. The normalized spacial score (nSPS) is 23.1. The van der Waals surface area contributed by atoms with Crippen molar-refractivity contribution in [3.63, 3.8) is 0 Å². The topological polar surface area (TPSA) is 101 Å². The first-order valence-electron chi connectivity index (χ1n) is 6.61. The van der Waals surface area contributed by atoms with Crippen molar-refractivity contribution < 1.29 is 22.8 Å². The number of carbonyl (C=O) groups is 3. The largest absolute Gasteiger partial charge is 0.330 e. The predicted molar refractivity (Wildman–Crippen MR) is 70.5 cm³/mol. The number of nitrogens with zero attached hydrogens (tertiary/aromatic N) is 1. The molecule has 20 heavy (non-hydrogen) atoms. The summed E-state index contributed by atoms with van der Waals surface area (Å²) < 4.78 is 22.4. The Morgan fingerprint density at radius 1 is 1.15 bits per heavy atom. The Balaban J connectivity index is 2.22. The summed E-state index contributed by atoms with van der Waals surface area (Å²) in [6, 6.07) is -0.820. The molecule has 1 N–H and O–H groups in total. The summed E-state index contributed by atoms with van der Waals surface area (Å²) in [4.78, 5) is 37.1. The molecule has 1 aliphatic carbocycles. The summed E-state index contributed by atoms with van der Waals surface area (Å²) in [6.45, 7) is -0.210. The summed E-state index contributed by atoms with van der Waals surface area (Å²) >= 11 is 0. The van der Waals surface area contributed by atoms with Gasteiger partial charge in [-0.3, -0.25) is 19.8 Å². The number of barbiturate groups is 1. The Labute approximate surface area is 117 Å². The molecule has 0 aromatic carbocycles. The van der Waals surface area contributed by atoms with E-state index in [-0.39, 0.29) is 12.3 Å². The van der Waals surface area contributed by atoms with E-state index in [0.717, 1.165) is 30.4 Å². The fraction of sp³-hybridized carbons (Fsp3) is 0.750. The van der Waals surface area contributed by atoms with Crippen molar-refractivity contribution in [1.29, 1.82) is 0 Å². The zero-order chi connectivity index (χ0) is 15.0. The zero-order valence-electron chi connectivity index (χ0n) is 11.3. The molecule has 0 aromatic rings. The third-order valence-electron chi connectivity index (χ3n) is 3.95. The smallest absolute Gasteiger partial charge is 0.277 e. The molecule has 0 unspecified atom stereocenters. The number of rotatable bonds is 3. The molecule has 1 saturated carbocycles. The number of imide groups is 2. The Kier molecular flexibility index (Phi) is 3.86. The maximum absolute atomic E-state index is 12.5. The Bertz CT molecular complexity index is 548. The van der Waals surface area contributed by atoms with Crippen LogP contribution in [-0.2, 0) is 19.4 Å². The molecular weight excluding hydrogens is 284 g/mol. The lowest BCUT2D eigenvalue weighted by molar-refractivity contribution is -0.153. The molecule has 0 radical (unpaired) electrons. The molecular formula is C12H18N2O5S. The number of amides is 4. The maximum atomic E-state index is 12.5. The van der Waals surface area contributed by atoms with Gasteiger partial charge in [-0.1, -0.05) is 19.3 Å². The monoisotopic (exact) mass is 302 g/mol. The molecule has 4 amide bonds. The number of nitrogens with one attached hydrogen (secondary N) is 1. The van der Waals surface area contributed by atoms with Gasteiger partial charge in [-0.15, -0.1) is 0 Å². The van der Waals surface area contributed by atoms with Crippen LogP contribution >= 0.6 is 0 Å². The molecule has 1 heterocycles. The van der Waals surface area contributed by atoms with Crippen LogP contribution in [0.5, 0.6) is 0 Å². The summed E-state index contributed by atoms with van der Waals surface area (Å²) in [7, 11) is -3.28. The summed E-state index contributed by atoms with van der Waals surface area (Å²) in [5.74, 6) is -1.38. The number of carbonyl (C=O) groups excluding carboxylic acids is 3. The lowest BCUT2D eigenvalue weighted by atomic mass is 9.71. The third-order valence-corrected chi connectivity index (χ3v) is 4.87. The number of urea groups is 1. The van der Waals surface area contributed by atoms with Crippen LogP contribution in [0.2, 0.25) is 0 Å². The summed E-state index contributed by atoms with van der Waals surface area (Å²) in [6.07, 6.45) is 4.35. The van der Waals surface area contributed by atoms with Gasteiger partial charge >= 0.3 is 6.03 Å². The Morgan fingerprint density at radius 2 is 1.75 bits per heavy atom. The highest BCUT2D eigenvalue weighted by Gasteiger charge is 2.53. The minimum Gasteiger partial charge on any atom is -0.277 e. The van der Waals surface area contributed by atoms with Gasteiger partial charge in [-0.2, -0.15) is 0 Å². The maximum Gasteiger partial charge on any atom is 0.330 e. The molecule has 0 aromatic heterocycles. The van der Waals surface area contributed by atoms with Crippen LogP contribution < -0.4 is 5.32 Å². The first-order valence-corrected chi connectivity index (χ1v) is 8.67. The van der Waals surface area contributed by atoms with Crippen molar-refractivity contribution >= 4 is 27.7 Å². The summed E-state index contributed by atoms with van der Waals surface area (Å²) in [5, 5.41) is 2.19. The van der Waals surface area contributed by atoms with E-state index in [1.165, 1.54) is 0 Å². The molecule has 0 bridgehead atoms. The molecule has 7 nitrogen and oxygen atoms in total. The second kappa shape index (κ2) is 5.16. The van der Waals surface area contributed by atoms with E-state index in [1.54, 1.807) is 0 Å². The van der Waals surface area contributed by atoms with E-state index >= 15 is 0 Å². The average Bonchev–Trinajstić information content (AvgIpc) is 2.36. The fourth-order valence-electron chi connectivity index (χ4n) is 2.79. The van der Waals surface area contributed by atoms with Crippen molar-refractivity contribution in [2.24, 2.45) is 5.41 Å². The average molecular weight is 302 g/mol. The quantitative estimate of drug-likeness (QED) is 0.743. The van der Waals surface area contributed by atoms with Gasteiger partial charge in [0, 0.05) is 12.8 Å². The van der Waals surface area contributed by atoms with Gasteiger partial charge in [-0.25, -0.2) is 13.2 Å². The van der Waals surface area contributed by atoms with Crippen LogP contribution in [-0.4, -0.2) is 49.7 Å². The van der Waals surface area contributed by atoms with Crippen LogP contribution in [0.15, 0.2) is 0 Å². The molecule has 0 atom stereocenters. The Morgan fingerprint density at radius 3 is 2.30 bits per heavy atom. The van der Waals surface area contributed by atoms with Gasteiger partial charge in [0.2, 0.25) is 11.8 Å². The second-order valence-corrected chi connectivity index (χ2v) is 7.75. The van der Waals surface area contributed by atoms with E-state index < -0.39 is 33.1 Å². The first-order chi connectivity index (χ1) is 9.26. The van der Waals surface area contributed by atoms with Crippen molar-refractivity contribution in [2.45, 2.75) is 32.1 Å². The van der Waals surface area contributed by atoms with E-state index in [2.05, 4.69) is 5.32 Å². The van der Waals surface area contributed by atoms with Crippen LogP contribution in [0.4, 0.5) is 4.79 Å². The van der Waals surface area contributed by atoms with Gasteiger partial charge in [0.25, 0.3) is 0 Å². The van der Waals surface area contributed by atoms with E-state index in [4.69, 9.17) is 0 Å². The molecule has 8 heteroatoms. The van der Waals surface area contributed by atoms with E-state index in [0.29, 0.717) is 12.8 Å². The highest BCUT2D eigenvalue weighted by molar-refractivity contribution is 7.90. The van der Waals surface area contributed by atoms with Crippen molar-refractivity contribution in [2.75, 3.05) is 18.6 Å². The van der Waals surface area contributed by atoms with Crippen molar-refractivity contribution in [3.8, 4) is 0 Å². The van der Waals surface area contributed by atoms with Crippen molar-refractivity contribution in [3.05, 3.63) is 0 Å². The second-order valence-electron chi connectivity index (χ2n) is 5.49. The predicted octanol–water partition coefficient (Wildman–Crippen LogP) is 0.0599. The highest BCUT2D eigenvalue weighted by atomic mass is 32.2. The third kappa shape index (κ3) is 2.70. The van der Waals surface area contributed by atoms with Crippen molar-refractivity contribution in [1.82, 2.24) is 10.2 Å². The minimum absolute atomic E-state index is 0.210. The van der Waals surface area contributed by atoms with Gasteiger partial charge < -0.3 is 0 Å². The Hall–Kier alpha value is -1.44. The number of hydrogen-bond acceptors (Lipinski definition) is 5. The van der Waals surface area contributed by atoms with Crippen LogP contribution in [0.25, 0.3) is 0 Å². The number of hydrogen-bond donors (Lipinski definition) is 1. The molecule has 1 saturated heterocycles. The van der Waals surface area contributed by atoms with Gasteiger partial charge in [0.05, 0.1) is 5.75 Å².